The van der Waals surface area contributed by atoms with Crippen molar-refractivity contribution in [3.63, 3.8) is 0 Å². The standard InChI is InChI=1S/C12H16N2O4S/c13-19(16,17)5-1-4-14-12(15)9-2-3-10-7-18-8-11(10)6-9/h2-3,6H,1,4-5,7-8H2,(H,14,15)(H2,13,16,17). The number of fused-ring (bicyclic) bond motifs is 1. The molecule has 1 aromatic rings. The van der Waals surface area contributed by atoms with Gasteiger partial charge < -0.3 is 10.1 Å². The smallest absolute Gasteiger partial charge is 0.251 e. The van der Waals surface area contributed by atoms with Crippen molar-refractivity contribution in [2.45, 2.75) is 19.6 Å². The van der Waals surface area contributed by atoms with Crippen LogP contribution in [0.2, 0.25) is 0 Å². The number of ether oxygens (including phenoxy) is 1. The van der Waals surface area contributed by atoms with Crippen LogP contribution in [0.4, 0.5) is 0 Å². The van der Waals surface area contributed by atoms with E-state index in [2.05, 4.69) is 5.32 Å². The minimum absolute atomic E-state index is 0.134. The van der Waals surface area contributed by atoms with Gasteiger partial charge >= 0.3 is 0 Å². The lowest BCUT2D eigenvalue weighted by Crippen LogP contribution is -2.27. The average Bonchev–Trinajstić information content (AvgIpc) is 2.80. The monoisotopic (exact) mass is 284 g/mol. The molecule has 6 nitrogen and oxygen atoms in total. The summed E-state index contributed by atoms with van der Waals surface area (Å²) in [5, 5.41) is 7.53. The topological polar surface area (TPSA) is 98.5 Å². The average molecular weight is 284 g/mol. The lowest BCUT2D eigenvalue weighted by Gasteiger charge is -2.06. The number of benzene rings is 1. The van der Waals surface area contributed by atoms with Crippen molar-refractivity contribution < 1.29 is 17.9 Å². The number of carbonyl (C=O) groups is 1. The maximum absolute atomic E-state index is 11.8. The zero-order chi connectivity index (χ0) is 13.9. The number of hydrogen-bond donors (Lipinski definition) is 2. The fraction of sp³-hybridized carbons (Fsp3) is 0.417. The predicted octanol–water partition coefficient (Wildman–Crippen LogP) is 0.125. The second-order valence-electron chi connectivity index (χ2n) is 4.45. The minimum Gasteiger partial charge on any atom is -0.372 e. The van der Waals surface area contributed by atoms with E-state index in [4.69, 9.17) is 9.88 Å². The summed E-state index contributed by atoms with van der Waals surface area (Å²) in [5.41, 5.74) is 2.68. The maximum Gasteiger partial charge on any atom is 0.251 e. The van der Waals surface area contributed by atoms with Gasteiger partial charge in [0.1, 0.15) is 0 Å². The van der Waals surface area contributed by atoms with Gasteiger partial charge in [0, 0.05) is 12.1 Å². The number of nitrogens with two attached hydrogens (primary N) is 1. The summed E-state index contributed by atoms with van der Waals surface area (Å²) in [6.07, 6.45) is 0.304. The Hall–Kier alpha value is -1.44. The highest BCUT2D eigenvalue weighted by Gasteiger charge is 2.14. The van der Waals surface area contributed by atoms with Crippen molar-refractivity contribution in [1.29, 1.82) is 0 Å². The quantitative estimate of drug-likeness (QED) is 0.750. The molecular formula is C12H16N2O4S. The van der Waals surface area contributed by atoms with Gasteiger partial charge in [-0.2, -0.15) is 0 Å². The van der Waals surface area contributed by atoms with Gasteiger partial charge in [-0.15, -0.1) is 0 Å². The van der Waals surface area contributed by atoms with Gasteiger partial charge in [-0.25, -0.2) is 13.6 Å². The molecule has 0 spiro atoms. The molecule has 104 valence electrons. The molecule has 0 radical (unpaired) electrons. The highest BCUT2D eigenvalue weighted by molar-refractivity contribution is 7.89. The molecule has 0 aliphatic carbocycles. The van der Waals surface area contributed by atoms with Crippen molar-refractivity contribution in [2.75, 3.05) is 12.3 Å². The molecule has 0 unspecified atom stereocenters. The molecule has 0 atom stereocenters. The molecule has 3 N–H and O–H groups in total. The molecule has 0 bridgehead atoms. The fourth-order valence-corrected chi connectivity index (χ4v) is 2.44. The molecule has 1 amide bonds. The summed E-state index contributed by atoms with van der Waals surface area (Å²) in [7, 11) is -3.46. The second kappa shape index (κ2) is 5.68. The number of hydrogen-bond acceptors (Lipinski definition) is 4. The zero-order valence-corrected chi connectivity index (χ0v) is 11.2. The van der Waals surface area contributed by atoms with Crippen LogP contribution in [0.5, 0.6) is 0 Å². The molecule has 19 heavy (non-hydrogen) atoms. The van der Waals surface area contributed by atoms with E-state index in [0.717, 1.165) is 11.1 Å². The van der Waals surface area contributed by atoms with Crippen LogP contribution >= 0.6 is 0 Å². The second-order valence-corrected chi connectivity index (χ2v) is 6.19. The van der Waals surface area contributed by atoms with Gasteiger partial charge in [-0.05, 0) is 29.7 Å². The molecule has 2 rings (SSSR count). The van der Waals surface area contributed by atoms with Gasteiger partial charge in [-0.1, -0.05) is 6.07 Å². The van der Waals surface area contributed by atoms with E-state index >= 15 is 0 Å². The van der Waals surface area contributed by atoms with Crippen molar-refractivity contribution in [3.8, 4) is 0 Å². The maximum atomic E-state index is 11.8. The Morgan fingerprint density at radius 3 is 2.79 bits per heavy atom. The summed E-state index contributed by atoms with van der Waals surface area (Å²) in [6, 6.07) is 5.42. The van der Waals surface area contributed by atoms with E-state index in [1.807, 2.05) is 6.07 Å². The van der Waals surface area contributed by atoms with E-state index in [-0.39, 0.29) is 18.2 Å². The Balaban J connectivity index is 1.87. The molecule has 0 aromatic heterocycles. The molecule has 0 fully saturated rings. The van der Waals surface area contributed by atoms with Crippen molar-refractivity contribution >= 4 is 15.9 Å². The van der Waals surface area contributed by atoms with Crippen LogP contribution in [0.1, 0.15) is 27.9 Å². The molecule has 1 aromatic carbocycles. The largest absolute Gasteiger partial charge is 0.372 e. The Morgan fingerprint density at radius 1 is 1.32 bits per heavy atom. The van der Waals surface area contributed by atoms with Crippen molar-refractivity contribution in [2.24, 2.45) is 5.14 Å². The van der Waals surface area contributed by atoms with Crippen molar-refractivity contribution in [3.05, 3.63) is 34.9 Å². The van der Waals surface area contributed by atoms with Gasteiger partial charge in [0.25, 0.3) is 5.91 Å². The van der Waals surface area contributed by atoms with Gasteiger partial charge in [0.15, 0.2) is 0 Å². The highest BCUT2D eigenvalue weighted by atomic mass is 32.2. The summed E-state index contributed by atoms with van der Waals surface area (Å²) in [4.78, 5) is 11.8. The Labute approximate surface area is 112 Å². The zero-order valence-electron chi connectivity index (χ0n) is 10.4. The summed E-state index contributed by atoms with van der Waals surface area (Å²) in [6.45, 7) is 1.40. The first-order chi connectivity index (χ1) is 8.96. The third kappa shape index (κ3) is 4.02. The normalized spacial score (nSPS) is 14.2. The van der Waals surface area contributed by atoms with Crippen LogP contribution in [-0.4, -0.2) is 26.6 Å². The molecule has 7 heteroatoms. The molecule has 0 saturated carbocycles. The number of amides is 1. The van der Waals surface area contributed by atoms with Crippen LogP contribution < -0.4 is 10.5 Å². The van der Waals surface area contributed by atoms with Crippen LogP contribution in [0.15, 0.2) is 18.2 Å². The molecule has 0 saturated heterocycles. The third-order valence-electron chi connectivity index (χ3n) is 2.87. The molecule has 1 heterocycles. The Morgan fingerprint density at radius 2 is 2.05 bits per heavy atom. The van der Waals surface area contributed by atoms with Gasteiger partial charge in [0.05, 0.1) is 19.0 Å². The first-order valence-corrected chi connectivity index (χ1v) is 7.65. The first kappa shape index (κ1) is 14.0. The van der Waals surface area contributed by atoms with E-state index in [9.17, 15) is 13.2 Å². The Bertz CT molecular complexity index is 583. The van der Waals surface area contributed by atoms with E-state index in [1.165, 1.54) is 0 Å². The number of sulfonamides is 1. The lowest BCUT2D eigenvalue weighted by molar-refractivity contribution is 0.0953. The SMILES string of the molecule is NS(=O)(=O)CCCNC(=O)c1ccc2c(c1)COC2. The lowest BCUT2D eigenvalue weighted by atomic mass is 10.1. The third-order valence-corrected chi connectivity index (χ3v) is 3.73. The van der Waals surface area contributed by atoms with Crippen molar-refractivity contribution in [1.82, 2.24) is 5.32 Å². The van der Waals surface area contributed by atoms with Crippen LogP contribution in [-0.2, 0) is 28.0 Å². The van der Waals surface area contributed by atoms with E-state index in [0.29, 0.717) is 25.2 Å². The first-order valence-electron chi connectivity index (χ1n) is 5.94. The van der Waals surface area contributed by atoms with E-state index < -0.39 is 10.0 Å². The number of rotatable bonds is 5. The summed E-state index contributed by atoms with van der Waals surface area (Å²) >= 11 is 0. The molecule has 1 aliphatic rings. The number of nitrogens with one attached hydrogen (secondary N) is 1. The van der Waals surface area contributed by atoms with Gasteiger partial charge in [-0.3, -0.25) is 4.79 Å². The van der Waals surface area contributed by atoms with Crippen LogP contribution in [0.3, 0.4) is 0 Å². The van der Waals surface area contributed by atoms with Crippen LogP contribution in [0, 0.1) is 0 Å². The number of primary sulfonamides is 1. The summed E-state index contributed by atoms with van der Waals surface area (Å²) < 4.78 is 26.7. The predicted molar refractivity (Wildman–Crippen MR) is 69.9 cm³/mol. The highest BCUT2D eigenvalue weighted by Crippen LogP contribution is 2.20. The fourth-order valence-electron chi connectivity index (χ4n) is 1.89. The minimum atomic E-state index is -3.46. The molecule has 1 aliphatic heterocycles. The molecular weight excluding hydrogens is 268 g/mol. The van der Waals surface area contributed by atoms with Crippen LogP contribution in [0.25, 0.3) is 0 Å². The number of carbonyl (C=O) groups excluding carboxylic acids is 1. The van der Waals surface area contributed by atoms with Gasteiger partial charge in [0.2, 0.25) is 10.0 Å². The summed E-state index contributed by atoms with van der Waals surface area (Å²) in [5.74, 6) is -0.352. The Kier molecular flexibility index (Phi) is 4.18. The van der Waals surface area contributed by atoms with E-state index in [1.54, 1.807) is 12.1 Å².